The highest BCUT2D eigenvalue weighted by molar-refractivity contribution is 4.91. The Morgan fingerprint density at radius 1 is 1.39 bits per heavy atom. The molecule has 1 heterocycles. The average molecular weight is 253 g/mol. The van der Waals surface area contributed by atoms with Crippen LogP contribution in [0.1, 0.15) is 32.9 Å². The molecular formula is C13H27N5. The largest absolute Gasteiger partial charge is 0.314 e. The van der Waals surface area contributed by atoms with E-state index in [9.17, 15) is 0 Å². The molecule has 0 aliphatic rings. The van der Waals surface area contributed by atoms with Crippen molar-refractivity contribution in [1.82, 2.24) is 25.2 Å². The fourth-order valence-corrected chi connectivity index (χ4v) is 2.05. The maximum Gasteiger partial charge on any atom is 0.0964 e. The number of hydrogen-bond donors (Lipinski definition) is 1. The highest BCUT2D eigenvalue weighted by atomic mass is 15.4. The van der Waals surface area contributed by atoms with Gasteiger partial charge in [-0.1, -0.05) is 19.1 Å². The van der Waals surface area contributed by atoms with Gasteiger partial charge in [0.15, 0.2) is 0 Å². The van der Waals surface area contributed by atoms with Gasteiger partial charge < -0.3 is 10.2 Å². The van der Waals surface area contributed by atoms with Crippen LogP contribution in [0, 0.1) is 5.92 Å². The lowest BCUT2D eigenvalue weighted by atomic mass is 10.0. The second-order valence-corrected chi connectivity index (χ2v) is 5.46. The van der Waals surface area contributed by atoms with Crippen molar-refractivity contribution in [1.29, 1.82) is 0 Å². The molecule has 18 heavy (non-hydrogen) atoms. The molecular weight excluding hydrogens is 226 g/mol. The fourth-order valence-electron chi connectivity index (χ4n) is 2.05. The quantitative estimate of drug-likeness (QED) is 0.760. The second-order valence-electron chi connectivity index (χ2n) is 5.46. The van der Waals surface area contributed by atoms with Gasteiger partial charge in [-0.3, -0.25) is 4.68 Å². The summed E-state index contributed by atoms with van der Waals surface area (Å²) >= 11 is 0. The van der Waals surface area contributed by atoms with Crippen LogP contribution in [-0.2, 0) is 13.1 Å². The Morgan fingerprint density at radius 2 is 2.11 bits per heavy atom. The molecule has 0 aromatic carbocycles. The summed E-state index contributed by atoms with van der Waals surface area (Å²) in [6.45, 7) is 9.51. The van der Waals surface area contributed by atoms with Gasteiger partial charge in [0.1, 0.15) is 0 Å². The van der Waals surface area contributed by atoms with E-state index in [1.807, 2.05) is 17.9 Å². The zero-order valence-corrected chi connectivity index (χ0v) is 12.3. The van der Waals surface area contributed by atoms with Gasteiger partial charge >= 0.3 is 0 Å². The van der Waals surface area contributed by atoms with E-state index in [-0.39, 0.29) is 0 Å². The molecule has 1 atom stereocenters. The summed E-state index contributed by atoms with van der Waals surface area (Å²) in [5.41, 5.74) is 0.996. The van der Waals surface area contributed by atoms with Gasteiger partial charge in [-0.25, -0.2) is 0 Å². The van der Waals surface area contributed by atoms with Gasteiger partial charge in [0.2, 0.25) is 0 Å². The molecule has 0 aliphatic carbocycles. The molecule has 1 aromatic heterocycles. The van der Waals surface area contributed by atoms with Crippen molar-refractivity contribution in [2.75, 3.05) is 20.6 Å². The first-order valence-electron chi connectivity index (χ1n) is 6.76. The minimum atomic E-state index is 0.616. The summed E-state index contributed by atoms with van der Waals surface area (Å²) in [6, 6.07) is 0.616. The van der Waals surface area contributed by atoms with E-state index in [0.29, 0.717) is 6.04 Å². The van der Waals surface area contributed by atoms with E-state index in [1.165, 1.54) is 6.42 Å². The van der Waals surface area contributed by atoms with Gasteiger partial charge in [0, 0.05) is 25.3 Å². The SMILES string of the molecule is CNCc1cn(CCN(C)C(C)CC(C)C)nn1. The first-order chi connectivity index (χ1) is 8.52. The minimum Gasteiger partial charge on any atom is -0.314 e. The highest BCUT2D eigenvalue weighted by Gasteiger charge is 2.11. The van der Waals surface area contributed by atoms with Crippen LogP contribution in [0.5, 0.6) is 0 Å². The Kier molecular flexibility index (Phi) is 6.29. The maximum absolute atomic E-state index is 4.13. The van der Waals surface area contributed by atoms with Gasteiger partial charge in [-0.15, -0.1) is 5.10 Å². The Balaban J connectivity index is 2.34. The van der Waals surface area contributed by atoms with E-state index in [1.54, 1.807) is 0 Å². The zero-order valence-electron chi connectivity index (χ0n) is 12.3. The molecule has 0 bridgehead atoms. The summed E-state index contributed by atoms with van der Waals surface area (Å²) in [5, 5.41) is 11.3. The molecule has 0 amide bonds. The van der Waals surface area contributed by atoms with E-state index < -0.39 is 0 Å². The third-order valence-electron chi connectivity index (χ3n) is 3.19. The minimum absolute atomic E-state index is 0.616. The molecule has 5 nitrogen and oxygen atoms in total. The second kappa shape index (κ2) is 7.48. The summed E-state index contributed by atoms with van der Waals surface area (Å²) in [4.78, 5) is 2.39. The molecule has 1 unspecified atom stereocenters. The predicted molar refractivity (Wildman–Crippen MR) is 74.3 cm³/mol. The van der Waals surface area contributed by atoms with Crippen LogP contribution in [0.2, 0.25) is 0 Å². The first kappa shape index (κ1) is 15.1. The van der Waals surface area contributed by atoms with E-state index >= 15 is 0 Å². The van der Waals surface area contributed by atoms with Crippen molar-refractivity contribution >= 4 is 0 Å². The lowest BCUT2D eigenvalue weighted by molar-refractivity contribution is 0.217. The van der Waals surface area contributed by atoms with Crippen LogP contribution in [0.3, 0.4) is 0 Å². The summed E-state index contributed by atoms with van der Waals surface area (Å²) in [6.07, 6.45) is 3.25. The molecule has 0 aliphatic heterocycles. The van der Waals surface area contributed by atoms with Gasteiger partial charge in [0.25, 0.3) is 0 Å². The van der Waals surface area contributed by atoms with Crippen LogP contribution in [0.15, 0.2) is 6.20 Å². The monoisotopic (exact) mass is 253 g/mol. The molecule has 104 valence electrons. The molecule has 1 rings (SSSR count). The Bertz CT molecular complexity index is 334. The third kappa shape index (κ3) is 5.14. The first-order valence-corrected chi connectivity index (χ1v) is 6.76. The number of nitrogens with zero attached hydrogens (tertiary/aromatic N) is 4. The lowest BCUT2D eigenvalue weighted by Gasteiger charge is -2.25. The molecule has 0 saturated carbocycles. The fraction of sp³-hybridized carbons (Fsp3) is 0.846. The maximum atomic E-state index is 4.13. The van der Waals surface area contributed by atoms with E-state index in [2.05, 4.69) is 48.3 Å². The van der Waals surface area contributed by atoms with Crippen molar-refractivity contribution in [2.45, 2.75) is 46.3 Å². The molecule has 0 saturated heterocycles. The molecule has 1 N–H and O–H groups in total. The van der Waals surface area contributed by atoms with E-state index in [4.69, 9.17) is 0 Å². The number of hydrogen-bond acceptors (Lipinski definition) is 4. The third-order valence-corrected chi connectivity index (χ3v) is 3.19. The Morgan fingerprint density at radius 3 is 2.72 bits per heavy atom. The normalized spacial score (nSPS) is 13.5. The molecule has 1 aromatic rings. The van der Waals surface area contributed by atoms with Crippen LogP contribution >= 0.6 is 0 Å². The van der Waals surface area contributed by atoms with Crippen LogP contribution < -0.4 is 5.32 Å². The van der Waals surface area contributed by atoms with Crippen molar-refractivity contribution in [3.8, 4) is 0 Å². The summed E-state index contributed by atoms with van der Waals surface area (Å²) < 4.78 is 1.92. The van der Waals surface area contributed by atoms with Crippen molar-refractivity contribution in [2.24, 2.45) is 5.92 Å². The molecule has 0 radical (unpaired) electrons. The van der Waals surface area contributed by atoms with Crippen LogP contribution in [0.25, 0.3) is 0 Å². The standard InChI is InChI=1S/C13H27N5/c1-11(2)8-12(3)17(5)6-7-18-10-13(9-14-4)15-16-18/h10-12,14H,6-9H2,1-5H3. The smallest absolute Gasteiger partial charge is 0.0964 e. The lowest BCUT2D eigenvalue weighted by Crippen LogP contribution is -2.33. The van der Waals surface area contributed by atoms with Crippen LogP contribution in [0.4, 0.5) is 0 Å². The predicted octanol–water partition coefficient (Wildman–Crippen LogP) is 1.36. The number of nitrogens with one attached hydrogen (secondary N) is 1. The van der Waals surface area contributed by atoms with Gasteiger partial charge in [-0.05, 0) is 33.4 Å². The average Bonchev–Trinajstić information content (AvgIpc) is 2.73. The van der Waals surface area contributed by atoms with Crippen LogP contribution in [-0.4, -0.2) is 46.6 Å². The number of rotatable bonds is 8. The molecule has 0 fully saturated rings. The summed E-state index contributed by atoms with van der Waals surface area (Å²) in [5.74, 6) is 0.746. The van der Waals surface area contributed by atoms with Crippen molar-refractivity contribution in [3.05, 3.63) is 11.9 Å². The topological polar surface area (TPSA) is 46.0 Å². The zero-order chi connectivity index (χ0) is 13.5. The van der Waals surface area contributed by atoms with Crippen molar-refractivity contribution in [3.63, 3.8) is 0 Å². The Hall–Kier alpha value is -0.940. The molecule has 0 spiro atoms. The Labute approximate surface area is 111 Å². The highest BCUT2D eigenvalue weighted by Crippen LogP contribution is 2.09. The number of aromatic nitrogens is 3. The summed E-state index contributed by atoms with van der Waals surface area (Å²) in [7, 11) is 4.10. The van der Waals surface area contributed by atoms with Crippen molar-refractivity contribution < 1.29 is 0 Å². The van der Waals surface area contributed by atoms with E-state index in [0.717, 1.165) is 31.2 Å². The van der Waals surface area contributed by atoms with Gasteiger partial charge in [-0.2, -0.15) is 0 Å². The number of likely N-dealkylation sites (N-methyl/N-ethyl adjacent to an activating group) is 1. The molecule has 5 heteroatoms. The van der Waals surface area contributed by atoms with Gasteiger partial charge in [0.05, 0.1) is 12.2 Å².